The van der Waals surface area contributed by atoms with E-state index in [1.165, 1.54) is 41.1 Å². The first-order valence-corrected chi connectivity index (χ1v) is 12.6. The molecule has 4 aromatic rings. The lowest BCUT2D eigenvalue weighted by atomic mass is 10.1. The van der Waals surface area contributed by atoms with Gasteiger partial charge in [0, 0.05) is 18.7 Å². The van der Waals surface area contributed by atoms with Crippen LogP contribution in [-0.2, 0) is 10.0 Å². The molecule has 0 aliphatic carbocycles. The summed E-state index contributed by atoms with van der Waals surface area (Å²) in [4.78, 5) is 30.1. The van der Waals surface area contributed by atoms with Crippen molar-refractivity contribution in [1.29, 1.82) is 0 Å². The van der Waals surface area contributed by atoms with Crippen molar-refractivity contribution in [2.24, 2.45) is 0 Å². The standard InChI is InChI=1S/C24H26N6O4S/c1-5-28(6-2)35(33,34)20-11-8-18(9-12-20)23(31)27-29-15-25-22-21(24(29)32)14-26-30(22)19-10-7-16(3)17(4)13-19/h7-15H,5-6H2,1-4H3,(H,27,31). The Hall–Kier alpha value is -3.83. The number of benzene rings is 2. The van der Waals surface area contributed by atoms with E-state index in [1.54, 1.807) is 18.5 Å². The van der Waals surface area contributed by atoms with Crippen LogP contribution in [0.5, 0.6) is 0 Å². The zero-order valence-corrected chi connectivity index (χ0v) is 20.7. The van der Waals surface area contributed by atoms with Crippen LogP contribution in [0.3, 0.4) is 0 Å². The Morgan fingerprint density at radius 1 is 1.03 bits per heavy atom. The Bertz CT molecular complexity index is 1570. The summed E-state index contributed by atoms with van der Waals surface area (Å²) >= 11 is 0. The van der Waals surface area contributed by atoms with Crippen LogP contribution in [0.4, 0.5) is 0 Å². The third-order valence-electron chi connectivity index (χ3n) is 5.91. The molecule has 0 radical (unpaired) electrons. The molecule has 11 heteroatoms. The molecule has 0 saturated carbocycles. The van der Waals surface area contributed by atoms with E-state index in [0.717, 1.165) is 21.5 Å². The molecule has 0 fully saturated rings. The van der Waals surface area contributed by atoms with Crippen LogP contribution < -0.4 is 11.0 Å². The lowest BCUT2D eigenvalue weighted by molar-refractivity contribution is 0.101. The van der Waals surface area contributed by atoms with E-state index in [-0.39, 0.29) is 15.8 Å². The molecule has 0 aliphatic heterocycles. The number of hydrogen-bond acceptors (Lipinski definition) is 6. The second kappa shape index (κ2) is 9.43. The number of fused-ring (bicyclic) bond motifs is 1. The zero-order chi connectivity index (χ0) is 25.3. The van der Waals surface area contributed by atoms with Gasteiger partial charge in [0.25, 0.3) is 11.5 Å². The molecule has 0 spiro atoms. The van der Waals surface area contributed by atoms with Crippen molar-refractivity contribution in [2.45, 2.75) is 32.6 Å². The summed E-state index contributed by atoms with van der Waals surface area (Å²) in [5, 5.41) is 4.55. The van der Waals surface area contributed by atoms with Gasteiger partial charge < -0.3 is 0 Å². The maximum Gasteiger partial charge on any atom is 0.283 e. The Morgan fingerprint density at radius 3 is 2.34 bits per heavy atom. The zero-order valence-electron chi connectivity index (χ0n) is 19.9. The predicted octanol–water partition coefficient (Wildman–Crippen LogP) is 2.61. The largest absolute Gasteiger partial charge is 0.283 e. The molecule has 2 heterocycles. The van der Waals surface area contributed by atoms with Gasteiger partial charge in [0.05, 0.1) is 16.8 Å². The topological polar surface area (TPSA) is 119 Å². The molecule has 182 valence electrons. The fourth-order valence-corrected chi connectivity index (χ4v) is 5.16. The molecule has 2 aromatic carbocycles. The van der Waals surface area contributed by atoms with Crippen LogP contribution in [0, 0.1) is 13.8 Å². The van der Waals surface area contributed by atoms with Gasteiger partial charge in [-0.15, -0.1) is 0 Å². The Balaban J connectivity index is 1.59. The number of carbonyl (C=O) groups is 1. The summed E-state index contributed by atoms with van der Waals surface area (Å²) in [6.45, 7) is 8.22. The molecule has 0 atom stereocenters. The minimum atomic E-state index is -3.63. The first kappa shape index (κ1) is 24.3. The second-order valence-electron chi connectivity index (χ2n) is 8.04. The van der Waals surface area contributed by atoms with Crippen LogP contribution in [0.2, 0.25) is 0 Å². The van der Waals surface area contributed by atoms with Gasteiger partial charge >= 0.3 is 0 Å². The minimum Gasteiger partial charge on any atom is -0.267 e. The highest BCUT2D eigenvalue weighted by Crippen LogP contribution is 2.18. The number of rotatable bonds is 7. The van der Waals surface area contributed by atoms with Gasteiger partial charge in [0.15, 0.2) is 5.65 Å². The summed E-state index contributed by atoms with van der Waals surface area (Å²) < 4.78 is 29.2. The summed E-state index contributed by atoms with van der Waals surface area (Å²) in [6.07, 6.45) is 2.64. The van der Waals surface area contributed by atoms with Crippen molar-refractivity contribution in [3.8, 4) is 5.69 Å². The molecule has 0 unspecified atom stereocenters. The molecular formula is C24H26N6O4S. The molecule has 35 heavy (non-hydrogen) atoms. The Labute approximate surface area is 202 Å². The first-order chi connectivity index (χ1) is 16.7. The third-order valence-corrected chi connectivity index (χ3v) is 7.97. The van der Waals surface area contributed by atoms with Crippen molar-refractivity contribution >= 4 is 27.0 Å². The molecule has 10 nitrogen and oxygen atoms in total. The van der Waals surface area contributed by atoms with Crippen molar-refractivity contribution in [3.05, 3.63) is 82.0 Å². The van der Waals surface area contributed by atoms with Crippen molar-refractivity contribution in [3.63, 3.8) is 0 Å². The number of aryl methyl sites for hydroxylation is 2. The normalized spacial score (nSPS) is 11.8. The number of nitrogens with zero attached hydrogens (tertiary/aromatic N) is 5. The molecule has 0 saturated heterocycles. The monoisotopic (exact) mass is 494 g/mol. The maximum absolute atomic E-state index is 13.0. The van der Waals surface area contributed by atoms with Gasteiger partial charge in [-0.1, -0.05) is 19.9 Å². The lowest BCUT2D eigenvalue weighted by Crippen LogP contribution is -2.33. The van der Waals surface area contributed by atoms with Crippen LogP contribution >= 0.6 is 0 Å². The van der Waals surface area contributed by atoms with Gasteiger partial charge in [-0.25, -0.2) is 22.8 Å². The SMILES string of the molecule is CCN(CC)S(=O)(=O)c1ccc(C(=O)Nn2cnc3c(cnn3-c3ccc(C)c(C)c3)c2=O)cc1. The van der Waals surface area contributed by atoms with E-state index >= 15 is 0 Å². The third kappa shape index (κ3) is 4.47. The summed E-state index contributed by atoms with van der Waals surface area (Å²) in [7, 11) is -3.63. The summed E-state index contributed by atoms with van der Waals surface area (Å²) in [6, 6.07) is 11.4. The summed E-state index contributed by atoms with van der Waals surface area (Å²) in [5.41, 5.74) is 5.57. The van der Waals surface area contributed by atoms with Gasteiger partial charge in [-0.3, -0.25) is 15.0 Å². The fourth-order valence-electron chi connectivity index (χ4n) is 3.70. The van der Waals surface area contributed by atoms with Crippen LogP contribution in [-0.4, -0.2) is 51.2 Å². The highest BCUT2D eigenvalue weighted by molar-refractivity contribution is 7.89. The maximum atomic E-state index is 13.0. The number of aromatic nitrogens is 4. The van der Waals surface area contributed by atoms with E-state index in [0.29, 0.717) is 18.7 Å². The van der Waals surface area contributed by atoms with E-state index in [9.17, 15) is 18.0 Å². The van der Waals surface area contributed by atoms with Gasteiger partial charge in [0.1, 0.15) is 11.7 Å². The van der Waals surface area contributed by atoms with Gasteiger partial charge in [0.2, 0.25) is 10.0 Å². The van der Waals surface area contributed by atoms with Crippen molar-refractivity contribution < 1.29 is 13.2 Å². The predicted molar refractivity (Wildman–Crippen MR) is 133 cm³/mol. The van der Waals surface area contributed by atoms with Crippen LogP contribution in [0.15, 0.2) is 64.7 Å². The highest BCUT2D eigenvalue weighted by Gasteiger charge is 2.22. The van der Waals surface area contributed by atoms with Crippen molar-refractivity contribution in [2.75, 3.05) is 18.5 Å². The summed E-state index contributed by atoms with van der Waals surface area (Å²) in [5.74, 6) is -0.582. The molecule has 1 amide bonds. The quantitative estimate of drug-likeness (QED) is 0.422. The smallest absolute Gasteiger partial charge is 0.267 e. The highest BCUT2D eigenvalue weighted by atomic mass is 32.2. The molecule has 0 bridgehead atoms. The van der Waals surface area contributed by atoms with Crippen LogP contribution in [0.1, 0.15) is 35.3 Å². The number of carbonyl (C=O) groups excluding carboxylic acids is 1. The van der Waals surface area contributed by atoms with E-state index in [1.807, 2.05) is 32.0 Å². The molecule has 1 N–H and O–H groups in total. The fraction of sp³-hybridized carbons (Fsp3) is 0.250. The average Bonchev–Trinajstić information content (AvgIpc) is 3.28. The second-order valence-corrected chi connectivity index (χ2v) is 9.97. The van der Waals surface area contributed by atoms with E-state index in [4.69, 9.17) is 0 Å². The molecule has 0 aliphatic rings. The van der Waals surface area contributed by atoms with E-state index in [2.05, 4.69) is 15.5 Å². The Kier molecular flexibility index (Phi) is 6.55. The number of sulfonamides is 1. The molecule has 4 rings (SSSR count). The Morgan fingerprint density at radius 2 is 1.71 bits per heavy atom. The number of nitrogens with one attached hydrogen (secondary N) is 1. The lowest BCUT2D eigenvalue weighted by Gasteiger charge is -2.18. The molecular weight excluding hydrogens is 468 g/mol. The van der Waals surface area contributed by atoms with E-state index < -0.39 is 21.5 Å². The first-order valence-electron chi connectivity index (χ1n) is 11.1. The molecule has 2 aromatic heterocycles. The minimum absolute atomic E-state index is 0.0942. The van der Waals surface area contributed by atoms with Crippen LogP contribution in [0.25, 0.3) is 16.7 Å². The average molecular weight is 495 g/mol. The van der Waals surface area contributed by atoms with Gasteiger partial charge in [-0.2, -0.15) is 9.40 Å². The number of amides is 1. The van der Waals surface area contributed by atoms with Crippen molar-refractivity contribution in [1.82, 2.24) is 23.7 Å². The number of hydrogen-bond donors (Lipinski definition) is 1. The van der Waals surface area contributed by atoms with Gasteiger partial charge in [-0.05, 0) is 61.4 Å².